The van der Waals surface area contributed by atoms with E-state index in [1.165, 1.54) is 17.9 Å². The van der Waals surface area contributed by atoms with Crippen LogP contribution in [0.1, 0.15) is 0 Å². The van der Waals surface area contributed by atoms with Crippen molar-refractivity contribution in [1.82, 2.24) is 9.78 Å². The van der Waals surface area contributed by atoms with Gasteiger partial charge >= 0.3 is 0 Å². The van der Waals surface area contributed by atoms with Crippen LogP contribution in [0.4, 0.5) is 0 Å². The van der Waals surface area contributed by atoms with Crippen molar-refractivity contribution in [1.29, 1.82) is 0 Å². The van der Waals surface area contributed by atoms with Crippen LogP contribution in [0.3, 0.4) is 0 Å². The summed E-state index contributed by atoms with van der Waals surface area (Å²) < 4.78 is 5.91. The Morgan fingerprint density at radius 3 is 2.82 bits per heavy atom. The van der Waals surface area contributed by atoms with Gasteiger partial charge in [0.2, 0.25) is 0 Å². The van der Waals surface area contributed by atoms with Gasteiger partial charge in [-0.15, -0.1) is 0 Å². The first-order valence-electron chi connectivity index (χ1n) is 2.74. The fourth-order valence-electron chi connectivity index (χ4n) is 0.531. The van der Waals surface area contributed by atoms with Gasteiger partial charge in [-0.05, 0) is 0 Å². The molecular weight excluding hydrogens is 197 g/mol. The molecule has 0 aliphatic carbocycles. The average Bonchev–Trinajstić information content (AvgIpc) is 1.95. The molecule has 0 aliphatic rings. The van der Waals surface area contributed by atoms with Crippen LogP contribution in [0.5, 0.6) is 5.88 Å². The third-order valence-corrected chi connectivity index (χ3v) is 1.07. The Balaban J connectivity index is 0.000001000. The smallest absolute Gasteiger partial charge is 0.137 e. The first kappa shape index (κ1) is 10.3. The van der Waals surface area contributed by atoms with E-state index in [1.807, 2.05) is 0 Å². The molecule has 56 valence electrons. The summed E-state index contributed by atoms with van der Waals surface area (Å²) in [4.78, 5) is 10.7. The van der Waals surface area contributed by atoms with Gasteiger partial charge in [0.25, 0.3) is 0 Å². The molecule has 0 fully saturated rings. The molecule has 0 bridgehead atoms. The van der Waals surface area contributed by atoms with Crippen molar-refractivity contribution in [3.63, 3.8) is 0 Å². The van der Waals surface area contributed by atoms with Crippen LogP contribution in [0, 0.1) is 6.07 Å². The maximum Gasteiger partial charge on any atom is 0.137 e. The van der Waals surface area contributed by atoms with Gasteiger partial charge in [0.1, 0.15) is 11.4 Å². The first-order chi connectivity index (χ1) is 4.74. The van der Waals surface area contributed by atoms with Gasteiger partial charge in [-0.1, -0.05) is 0 Å². The monoisotopic (exact) mass is 203 g/mol. The van der Waals surface area contributed by atoms with Crippen LogP contribution < -0.4 is 10.3 Å². The normalized spacial score (nSPS) is 8.55. The molecule has 0 saturated carbocycles. The van der Waals surface area contributed by atoms with Crippen molar-refractivity contribution in [2.45, 2.75) is 0 Å². The predicted octanol–water partition coefficient (Wildman–Crippen LogP) is -0.413. The van der Waals surface area contributed by atoms with E-state index >= 15 is 0 Å². The molecule has 0 aromatic carbocycles. The largest absolute Gasteiger partial charge is 0.496 e. The van der Waals surface area contributed by atoms with Crippen molar-refractivity contribution >= 4 is 0 Å². The van der Waals surface area contributed by atoms with Crippen molar-refractivity contribution in [2.75, 3.05) is 7.11 Å². The van der Waals surface area contributed by atoms with E-state index in [4.69, 9.17) is 4.74 Å². The van der Waals surface area contributed by atoms with Gasteiger partial charge in [0, 0.05) is 26.5 Å². The molecule has 0 aliphatic heterocycles. The number of aromatic nitrogens is 2. The van der Waals surface area contributed by atoms with Gasteiger partial charge < -0.3 is 14.2 Å². The number of aryl methyl sites for hydroxylation is 1. The van der Waals surface area contributed by atoms with Crippen molar-refractivity contribution in [2.24, 2.45) is 7.05 Å². The fraction of sp³-hybridized carbons (Fsp3) is 0.333. The minimum Gasteiger partial charge on any atom is -0.496 e. The second-order valence-electron chi connectivity index (χ2n) is 1.76. The van der Waals surface area contributed by atoms with Gasteiger partial charge in [0.15, 0.2) is 0 Å². The van der Waals surface area contributed by atoms with E-state index in [9.17, 15) is 4.79 Å². The fourth-order valence-corrected chi connectivity index (χ4v) is 0.531. The second kappa shape index (κ2) is 4.24. The Kier molecular flexibility index (Phi) is 3.97. The Labute approximate surface area is 76.9 Å². The Morgan fingerprint density at radius 1 is 1.73 bits per heavy atom. The standard InChI is InChI=1S/C6H7N2O2.Zn/c1-8-6(9)4-3-5(7-8)10-2;/h4H,1-2H3;/q-1;. The van der Waals surface area contributed by atoms with Crippen LogP contribution in [-0.4, -0.2) is 16.9 Å². The van der Waals surface area contributed by atoms with Gasteiger partial charge in [0.05, 0.1) is 7.11 Å². The van der Waals surface area contributed by atoms with E-state index in [0.717, 1.165) is 0 Å². The molecule has 5 heteroatoms. The third-order valence-electron chi connectivity index (χ3n) is 1.07. The topological polar surface area (TPSA) is 44.1 Å². The zero-order chi connectivity index (χ0) is 7.56. The number of ether oxygens (including phenoxy) is 1. The molecule has 0 atom stereocenters. The molecule has 4 nitrogen and oxygen atoms in total. The Morgan fingerprint density at radius 2 is 2.36 bits per heavy atom. The summed E-state index contributed by atoms with van der Waals surface area (Å²) in [6.07, 6.45) is 0. The van der Waals surface area contributed by atoms with Crippen LogP contribution >= 0.6 is 0 Å². The van der Waals surface area contributed by atoms with Crippen LogP contribution in [0.25, 0.3) is 0 Å². The van der Waals surface area contributed by atoms with Crippen molar-refractivity contribution < 1.29 is 24.2 Å². The second-order valence-corrected chi connectivity index (χ2v) is 1.76. The zero-order valence-corrected chi connectivity index (χ0v) is 9.46. The van der Waals surface area contributed by atoms with Gasteiger partial charge in [-0.2, -0.15) is 17.2 Å². The molecule has 0 unspecified atom stereocenters. The summed E-state index contributed by atoms with van der Waals surface area (Å²) in [6.45, 7) is 0. The average molecular weight is 205 g/mol. The molecule has 1 aromatic rings. The van der Waals surface area contributed by atoms with E-state index in [2.05, 4.69) is 11.2 Å². The number of rotatable bonds is 1. The van der Waals surface area contributed by atoms with Crippen LogP contribution in [-0.2, 0) is 26.5 Å². The minimum atomic E-state index is -0.194. The predicted molar refractivity (Wildman–Crippen MR) is 34.9 cm³/mol. The molecule has 0 N–H and O–H groups in total. The van der Waals surface area contributed by atoms with Crippen LogP contribution in [0.15, 0.2) is 10.9 Å². The van der Waals surface area contributed by atoms with E-state index < -0.39 is 0 Å². The van der Waals surface area contributed by atoms with Gasteiger partial charge in [-0.3, -0.25) is 0 Å². The third kappa shape index (κ3) is 2.43. The molecule has 1 rings (SSSR count). The molecule has 1 aromatic heterocycles. The SMILES string of the molecule is COc1[c-]cc(=O)n(C)n1.[Zn]. The first-order valence-corrected chi connectivity index (χ1v) is 2.74. The number of methoxy groups -OCH3 is 1. The molecule has 1 heterocycles. The van der Waals surface area contributed by atoms with E-state index in [-0.39, 0.29) is 25.0 Å². The summed E-state index contributed by atoms with van der Waals surface area (Å²) in [5.41, 5.74) is -0.194. The maximum atomic E-state index is 10.7. The van der Waals surface area contributed by atoms with E-state index in [0.29, 0.717) is 5.88 Å². The summed E-state index contributed by atoms with van der Waals surface area (Å²) in [6, 6.07) is 3.84. The molecule has 11 heavy (non-hydrogen) atoms. The summed E-state index contributed by atoms with van der Waals surface area (Å²) >= 11 is 0. The zero-order valence-electron chi connectivity index (χ0n) is 6.50. The molecular formula is C6H7N2O2Zn-. The maximum absolute atomic E-state index is 10.7. The number of nitrogens with zero attached hydrogens (tertiary/aromatic N) is 2. The van der Waals surface area contributed by atoms with Crippen molar-refractivity contribution in [3.05, 3.63) is 22.5 Å². The quantitative estimate of drug-likeness (QED) is 0.461. The number of hydrogen-bond donors (Lipinski definition) is 0. The molecule has 0 radical (unpaired) electrons. The van der Waals surface area contributed by atoms with Crippen LogP contribution in [0.2, 0.25) is 0 Å². The van der Waals surface area contributed by atoms with E-state index in [1.54, 1.807) is 7.05 Å². The van der Waals surface area contributed by atoms with Gasteiger partial charge in [-0.25, -0.2) is 0 Å². The Hall–Kier alpha value is -0.697. The Bertz CT molecular complexity index is 284. The minimum absolute atomic E-state index is 0. The summed E-state index contributed by atoms with van der Waals surface area (Å²) in [5.74, 6) is 0.321. The summed E-state index contributed by atoms with van der Waals surface area (Å²) in [5, 5.41) is 3.72. The molecule has 0 spiro atoms. The summed E-state index contributed by atoms with van der Waals surface area (Å²) in [7, 11) is 3.03. The number of hydrogen-bond acceptors (Lipinski definition) is 3. The molecule has 0 amide bonds. The van der Waals surface area contributed by atoms with Crippen molar-refractivity contribution in [3.8, 4) is 5.88 Å². The molecule has 0 saturated heterocycles.